The van der Waals surface area contributed by atoms with Gasteiger partial charge in [0.05, 0.1) is 6.61 Å². The standard InChI is InChI=1S/C37H46F2O/c1-3-5-7-10-28-13-19-31(20-14-28)32-21-15-29(16-22-32)11-8-9-12-30-17-23-33(24-18-30)34-25-26-35(37(39)36(34)38)40-27-6-4-2/h9,12-16,19-22,25-26,30,33H,3-8,10-11,17-18,23-24,27H2,1-2H3/b12-9+. The molecule has 0 bridgehead atoms. The van der Waals surface area contributed by atoms with Crippen molar-refractivity contribution in [3.05, 3.63) is 101 Å². The van der Waals surface area contributed by atoms with Crippen molar-refractivity contribution in [1.82, 2.24) is 0 Å². The van der Waals surface area contributed by atoms with E-state index in [0.717, 1.165) is 51.4 Å². The van der Waals surface area contributed by atoms with E-state index < -0.39 is 11.6 Å². The smallest absolute Gasteiger partial charge is 0.200 e. The normalized spacial score (nSPS) is 17.4. The van der Waals surface area contributed by atoms with Crippen molar-refractivity contribution >= 4 is 0 Å². The number of benzene rings is 3. The Balaban J connectivity index is 1.20. The monoisotopic (exact) mass is 544 g/mol. The molecule has 0 heterocycles. The van der Waals surface area contributed by atoms with E-state index in [1.807, 2.05) is 6.92 Å². The molecule has 4 rings (SSSR count). The Labute approximate surface area is 240 Å². The second-order valence-electron chi connectivity index (χ2n) is 11.4. The molecule has 3 heteroatoms. The van der Waals surface area contributed by atoms with E-state index in [2.05, 4.69) is 67.6 Å². The first kappa shape index (κ1) is 30.0. The van der Waals surface area contributed by atoms with Crippen molar-refractivity contribution in [3.63, 3.8) is 0 Å². The molecule has 1 nitrogen and oxygen atoms in total. The van der Waals surface area contributed by atoms with Crippen LogP contribution in [0.15, 0.2) is 72.8 Å². The van der Waals surface area contributed by atoms with Crippen molar-refractivity contribution in [3.8, 4) is 16.9 Å². The van der Waals surface area contributed by atoms with E-state index in [4.69, 9.17) is 4.74 Å². The average molecular weight is 545 g/mol. The van der Waals surface area contributed by atoms with Gasteiger partial charge in [-0.1, -0.05) is 99.9 Å². The van der Waals surface area contributed by atoms with E-state index in [1.165, 1.54) is 47.9 Å². The lowest BCUT2D eigenvalue weighted by Gasteiger charge is -2.27. The maximum Gasteiger partial charge on any atom is 0.200 e. The number of allylic oxidation sites excluding steroid dienone is 2. The number of rotatable bonds is 14. The molecule has 0 radical (unpaired) electrons. The molecule has 1 aliphatic carbocycles. The maximum absolute atomic E-state index is 14.8. The van der Waals surface area contributed by atoms with Crippen molar-refractivity contribution < 1.29 is 13.5 Å². The van der Waals surface area contributed by atoms with Gasteiger partial charge >= 0.3 is 0 Å². The Kier molecular flexibility index (Phi) is 11.8. The summed E-state index contributed by atoms with van der Waals surface area (Å²) in [5.74, 6) is -0.918. The highest BCUT2D eigenvalue weighted by Gasteiger charge is 2.25. The molecule has 0 N–H and O–H groups in total. The van der Waals surface area contributed by atoms with Crippen LogP contribution in [0.25, 0.3) is 11.1 Å². The third kappa shape index (κ3) is 8.53. The van der Waals surface area contributed by atoms with Gasteiger partial charge in [0.25, 0.3) is 0 Å². The second-order valence-corrected chi connectivity index (χ2v) is 11.4. The molecule has 1 fully saturated rings. The molecule has 0 amide bonds. The fourth-order valence-electron chi connectivity index (χ4n) is 5.77. The fourth-order valence-corrected chi connectivity index (χ4v) is 5.77. The van der Waals surface area contributed by atoms with Gasteiger partial charge in [0.15, 0.2) is 11.6 Å². The lowest BCUT2D eigenvalue weighted by Crippen LogP contribution is -2.14. The van der Waals surface area contributed by atoms with E-state index >= 15 is 0 Å². The van der Waals surface area contributed by atoms with Gasteiger partial charge in [-0.3, -0.25) is 0 Å². The first-order valence-corrected chi connectivity index (χ1v) is 15.5. The molecule has 0 aromatic heterocycles. The van der Waals surface area contributed by atoms with Gasteiger partial charge < -0.3 is 4.74 Å². The Morgan fingerprint density at radius 2 is 1.32 bits per heavy atom. The van der Waals surface area contributed by atoms with Crippen LogP contribution in [0.5, 0.6) is 5.75 Å². The predicted molar refractivity (Wildman–Crippen MR) is 164 cm³/mol. The van der Waals surface area contributed by atoms with Crippen molar-refractivity contribution in [2.45, 2.75) is 96.8 Å². The molecule has 1 saturated carbocycles. The number of aryl methyl sites for hydroxylation is 2. The van der Waals surface area contributed by atoms with E-state index in [0.29, 0.717) is 18.1 Å². The lowest BCUT2D eigenvalue weighted by atomic mass is 9.78. The summed E-state index contributed by atoms with van der Waals surface area (Å²) in [6.45, 7) is 4.71. The zero-order valence-corrected chi connectivity index (χ0v) is 24.4. The number of hydrogen-bond acceptors (Lipinski definition) is 1. The van der Waals surface area contributed by atoms with Crippen LogP contribution in [-0.4, -0.2) is 6.61 Å². The van der Waals surface area contributed by atoms with Crippen LogP contribution in [0.3, 0.4) is 0 Å². The van der Waals surface area contributed by atoms with Gasteiger partial charge in [-0.25, -0.2) is 4.39 Å². The van der Waals surface area contributed by atoms with Gasteiger partial charge in [0, 0.05) is 0 Å². The summed E-state index contributed by atoms with van der Waals surface area (Å²) in [6, 6.07) is 21.3. The third-order valence-corrected chi connectivity index (χ3v) is 8.36. The largest absolute Gasteiger partial charge is 0.490 e. The van der Waals surface area contributed by atoms with Crippen LogP contribution in [0.2, 0.25) is 0 Å². The zero-order valence-electron chi connectivity index (χ0n) is 24.4. The van der Waals surface area contributed by atoms with Crippen LogP contribution < -0.4 is 4.74 Å². The Bertz CT molecular complexity index is 1190. The zero-order chi connectivity index (χ0) is 28.2. The number of unbranched alkanes of at least 4 members (excludes halogenated alkanes) is 3. The number of ether oxygens (including phenoxy) is 1. The molecule has 0 saturated heterocycles. The Morgan fingerprint density at radius 1 is 0.700 bits per heavy atom. The summed E-state index contributed by atoms with van der Waals surface area (Å²) in [7, 11) is 0. The van der Waals surface area contributed by atoms with Gasteiger partial charge in [-0.05, 0) is 104 Å². The average Bonchev–Trinajstić information content (AvgIpc) is 2.99. The number of halogens is 2. The summed E-state index contributed by atoms with van der Waals surface area (Å²) in [4.78, 5) is 0. The molecule has 40 heavy (non-hydrogen) atoms. The Hall–Kier alpha value is -2.94. The molecular formula is C37H46F2O. The summed E-state index contributed by atoms with van der Waals surface area (Å²) in [6.07, 6.45) is 17.3. The third-order valence-electron chi connectivity index (χ3n) is 8.36. The van der Waals surface area contributed by atoms with Gasteiger partial charge in [-0.2, -0.15) is 4.39 Å². The summed E-state index contributed by atoms with van der Waals surface area (Å²) in [5, 5.41) is 0. The van der Waals surface area contributed by atoms with Crippen LogP contribution in [-0.2, 0) is 12.8 Å². The van der Waals surface area contributed by atoms with Crippen LogP contribution in [0.4, 0.5) is 8.78 Å². The summed E-state index contributed by atoms with van der Waals surface area (Å²) < 4.78 is 34.7. The highest BCUT2D eigenvalue weighted by molar-refractivity contribution is 5.64. The highest BCUT2D eigenvalue weighted by atomic mass is 19.2. The second kappa shape index (κ2) is 15.7. The number of hydrogen-bond donors (Lipinski definition) is 0. The van der Waals surface area contributed by atoms with Crippen molar-refractivity contribution in [1.29, 1.82) is 0 Å². The molecule has 3 aromatic carbocycles. The minimum Gasteiger partial charge on any atom is -0.490 e. The molecular weight excluding hydrogens is 498 g/mol. The first-order chi connectivity index (χ1) is 19.6. The van der Waals surface area contributed by atoms with Gasteiger partial charge in [0.2, 0.25) is 5.82 Å². The molecule has 0 aliphatic heterocycles. The SMILES string of the molecule is CCCCCc1ccc(-c2ccc(CC/C=C/C3CCC(c4ccc(OCCCC)c(F)c4F)CC3)cc2)cc1. The fraction of sp³-hybridized carbons (Fsp3) is 0.459. The summed E-state index contributed by atoms with van der Waals surface area (Å²) >= 11 is 0. The molecule has 0 atom stereocenters. The van der Waals surface area contributed by atoms with E-state index in [9.17, 15) is 8.78 Å². The molecule has 1 aliphatic rings. The van der Waals surface area contributed by atoms with Crippen molar-refractivity contribution in [2.24, 2.45) is 5.92 Å². The molecule has 3 aromatic rings. The van der Waals surface area contributed by atoms with Gasteiger partial charge in [-0.15, -0.1) is 0 Å². The van der Waals surface area contributed by atoms with Crippen LogP contribution >= 0.6 is 0 Å². The maximum atomic E-state index is 14.8. The molecule has 214 valence electrons. The van der Waals surface area contributed by atoms with E-state index in [1.54, 1.807) is 12.1 Å². The van der Waals surface area contributed by atoms with Gasteiger partial charge in [0.1, 0.15) is 0 Å². The summed E-state index contributed by atoms with van der Waals surface area (Å²) in [5.41, 5.74) is 5.84. The minimum atomic E-state index is -0.834. The van der Waals surface area contributed by atoms with E-state index in [-0.39, 0.29) is 11.7 Å². The minimum absolute atomic E-state index is 0.0350. The highest BCUT2D eigenvalue weighted by Crippen LogP contribution is 2.39. The Morgan fingerprint density at radius 3 is 1.95 bits per heavy atom. The predicted octanol–water partition coefficient (Wildman–Crippen LogP) is 11.0. The quantitative estimate of drug-likeness (QED) is 0.145. The molecule has 0 unspecified atom stereocenters. The lowest BCUT2D eigenvalue weighted by molar-refractivity contribution is 0.286. The van der Waals surface area contributed by atoms with Crippen LogP contribution in [0, 0.1) is 17.6 Å². The topological polar surface area (TPSA) is 9.23 Å². The van der Waals surface area contributed by atoms with Crippen LogP contribution in [0.1, 0.15) is 101 Å². The molecule has 0 spiro atoms. The van der Waals surface area contributed by atoms with Crippen molar-refractivity contribution in [2.75, 3.05) is 6.61 Å². The first-order valence-electron chi connectivity index (χ1n) is 15.5.